The first-order valence-electron chi connectivity index (χ1n) is 6.67. The lowest BCUT2D eigenvalue weighted by atomic mass is 10.2. The van der Waals surface area contributed by atoms with Crippen LogP contribution in [0.5, 0.6) is 0 Å². The average Bonchev–Trinajstić information content (AvgIpc) is 3.15. The number of nitrogens with one attached hydrogen (secondary N) is 1. The second kappa shape index (κ2) is 5.78. The van der Waals surface area contributed by atoms with Crippen molar-refractivity contribution in [3.8, 4) is 11.3 Å². The third kappa shape index (κ3) is 3.10. The predicted octanol–water partition coefficient (Wildman–Crippen LogP) is 2.16. The lowest BCUT2D eigenvalue weighted by molar-refractivity contribution is 0.509. The van der Waals surface area contributed by atoms with E-state index in [0.717, 1.165) is 5.56 Å². The van der Waals surface area contributed by atoms with Crippen LogP contribution in [0.25, 0.3) is 11.3 Å². The SMILES string of the molecule is Cn1cc(S(=O)(=O)NCc2ccc(-c3ccccc3)o2)cn1. The van der Waals surface area contributed by atoms with Crippen LogP contribution in [-0.2, 0) is 23.6 Å². The van der Waals surface area contributed by atoms with E-state index in [9.17, 15) is 8.42 Å². The lowest BCUT2D eigenvalue weighted by Gasteiger charge is -2.02. The third-order valence-corrected chi connectivity index (χ3v) is 4.50. The minimum atomic E-state index is -3.59. The largest absolute Gasteiger partial charge is 0.460 e. The number of aryl methyl sites for hydroxylation is 1. The Morgan fingerprint density at radius 1 is 1.18 bits per heavy atom. The van der Waals surface area contributed by atoms with E-state index in [1.807, 2.05) is 36.4 Å². The standard InChI is InChI=1S/C15H15N3O3S/c1-18-11-14(10-16-18)22(19,20)17-9-13-7-8-15(21-13)12-5-3-2-4-6-12/h2-8,10-11,17H,9H2,1H3. The van der Waals surface area contributed by atoms with Crippen molar-refractivity contribution in [1.29, 1.82) is 0 Å². The molecule has 1 aromatic carbocycles. The zero-order valence-electron chi connectivity index (χ0n) is 11.9. The van der Waals surface area contributed by atoms with Crippen LogP contribution in [0.1, 0.15) is 5.76 Å². The average molecular weight is 317 g/mol. The van der Waals surface area contributed by atoms with Gasteiger partial charge in [0, 0.05) is 18.8 Å². The molecule has 0 atom stereocenters. The van der Waals surface area contributed by atoms with Crippen molar-refractivity contribution in [2.75, 3.05) is 0 Å². The quantitative estimate of drug-likeness (QED) is 0.782. The van der Waals surface area contributed by atoms with Gasteiger partial charge in [-0.1, -0.05) is 30.3 Å². The number of hydrogen-bond donors (Lipinski definition) is 1. The molecule has 6 nitrogen and oxygen atoms in total. The second-order valence-corrected chi connectivity index (χ2v) is 6.57. The lowest BCUT2D eigenvalue weighted by Crippen LogP contribution is -2.22. The van der Waals surface area contributed by atoms with Crippen LogP contribution < -0.4 is 4.72 Å². The van der Waals surface area contributed by atoms with Gasteiger partial charge in [0.05, 0.1) is 12.7 Å². The summed E-state index contributed by atoms with van der Waals surface area (Å²) in [5.74, 6) is 1.25. The summed E-state index contributed by atoms with van der Waals surface area (Å²) in [4.78, 5) is 0.129. The predicted molar refractivity (Wildman–Crippen MR) is 81.4 cm³/mol. The molecular formula is C15H15N3O3S. The minimum absolute atomic E-state index is 0.0874. The molecule has 0 aliphatic carbocycles. The van der Waals surface area contributed by atoms with Gasteiger partial charge in [0.2, 0.25) is 10.0 Å². The van der Waals surface area contributed by atoms with Gasteiger partial charge in [0.1, 0.15) is 16.4 Å². The Bertz CT molecular complexity index is 866. The summed E-state index contributed by atoms with van der Waals surface area (Å²) < 4.78 is 33.8. The highest BCUT2D eigenvalue weighted by atomic mass is 32.2. The molecule has 0 unspecified atom stereocenters. The van der Waals surface area contributed by atoms with Gasteiger partial charge in [0.25, 0.3) is 0 Å². The molecule has 114 valence electrons. The molecule has 0 saturated carbocycles. The fraction of sp³-hybridized carbons (Fsp3) is 0.133. The van der Waals surface area contributed by atoms with Crippen LogP contribution in [0, 0.1) is 0 Å². The van der Waals surface area contributed by atoms with Crippen LogP contribution in [0.3, 0.4) is 0 Å². The molecule has 0 bridgehead atoms. The number of hydrogen-bond acceptors (Lipinski definition) is 4. The Morgan fingerprint density at radius 3 is 2.64 bits per heavy atom. The normalized spacial score (nSPS) is 11.7. The molecule has 22 heavy (non-hydrogen) atoms. The summed E-state index contributed by atoms with van der Waals surface area (Å²) in [5.41, 5.74) is 0.948. The summed E-state index contributed by atoms with van der Waals surface area (Å²) in [5, 5.41) is 3.86. The zero-order valence-corrected chi connectivity index (χ0v) is 12.7. The molecule has 2 aromatic heterocycles. The maximum absolute atomic E-state index is 12.1. The van der Waals surface area contributed by atoms with E-state index in [0.29, 0.717) is 11.5 Å². The molecule has 3 aromatic rings. The molecule has 0 spiro atoms. The van der Waals surface area contributed by atoms with Gasteiger partial charge in [-0.2, -0.15) is 5.10 Å². The van der Waals surface area contributed by atoms with E-state index in [-0.39, 0.29) is 11.4 Å². The van der Waals surface area contributed by atoms with Gasteiger partial charge < -0.3 is 4.42 Å². The van der Waals surface area contributed by atoms with Crippen LogP contribution in [-0.4, -0.2) is 18.2 Å². The van der Waals surface area contributed by atoms with Crippen LogP contribution >= 0.6 is 0 Å². The van der Waals surface area contributed by atoms with Crippen molar-refractivity contribution >= 4 is 10.0 Å². The van der Waals surface area contributed by atoms with Crippen molar-refractivity contribution in [3.05, 3.63) is 60.6 Å². The first-order chi connectivity index (χ1) is 10.5. The van der Waals surface area contributed by atoms with Crippen molar-refractivity contribution in [3.63, 3.8) is 0 Å². The molecular weight excluding hydrogens is 302 g/mol. The van der Waals surface area contributed by atoms with E-state index in [2.05, 4.69) is 9.82 Å². The monoisotopic (exact) mass is 317 g/mol. The second-order valence-electron chi connectivity index (χ2n) is 4.81. The molecule has 3 rings (SSSR count). The van der Waals surface area contributed by atoms with Gasteiger partial charge in [-0.25, -0.2) is 13.1 Å². The van der Waals surface area contributed by atoms with Crippen LogP contribution in [0.2, 0.25) is 0 Å². The van der Waals surface area contributed by atoms with Crippen molar-refractivity contribution < 1.29 is 12.8 Å². The fourth-order valence-corrected chi connectivity index (χ4v) is 2.99. The van der Waals surface area contributed by atoms with Gasteiger partial charge in [-0.15, -0.1) is 0 Å². The maximum atomic E-state index is 12.1. The molecule has 0 aliphatic rings. The van der Waals surface area contributed by atoms with Crippen molar-refractivity contribution in [1.82, 2.24) is 14.5 Å². The Labute approximate surface area is 128 Å². The number of benzene rings is 1. The molecule has 2 heterocycles. The first-order valence-corrected chi connectivity index (χ1v) is 8.15. The van der Waals surface area contributed by atoms with Crippen LogP contribution in [0.4, 0.5) is 0 Å². The number of aromatic nitrogens is 2. The van der Waals surface area contributed by atoms with Crippen molar-refractivity contribution in [2.24, 2.45) is 7.05 Å². The molecule has 7 heteroatoms. The number of sulfonamides is 1. The Balaban J connectivity index is 1.71. The molecule has 0 radical (unpaired) electrons. The van der Waals surface area contributed by atoms with E-state index in [1.165, 1.54) is 17.1 Å². The van der Waals surface area contributed by atoms with E-state index < -0.39 is 10.0 Å². The zero-order chi connectivity index (χ0) is 15.6. The summed E-state index contributed by atoms with van der Waals surface area (Å²) in [6.45, 7) is 0.0874. The minimum Gasteiger partial charge on any atom is -0.460 e. The van der Waals surface area contributed by atoms with Gasteiger partial charge in [0.15, 0.2) is 0 Å². The summed E-state index contributed by atoms with van der Waals surface area (Å²) in [7, 11) is -1.92. The third-order valence-electron chi connectivity index (χ3n) is 3.15. The summed E-state index contributed by atoms with van der Waals surface area (Å²) in [6.07, 6.45) is 2.75. The van der Waals surface area contributed by atoms with E-state index >= 15 is 0 Å². The Morgan fingerprint density at radius 2 is 1.95 bits per heavy atom. The summed E-state index contributed by atoms with van der Waals surface area (Å²) >= 11 is 0. The highest BCUT2D eigenvalue weighted by Gasteiger charge is 2.16. The molecule has 0 saturated heterocycles. The summed E-state index contributed by atoms with van der Waals surface area (Å²) in [6, 6.07) is 13.2. The van der Waals surface area contributed by atoms with E-state index in [1.54, 1.807) is 13.1 Å². The Hall–Kier alpha value is -2.38. The first kappa shape index (κ1) is 14.6. The highest BCUT2D eigenvalue weighted by molar-refractivity contribution is 7.89. The van der Waals surface area contributed by atoms with Gasteiger partial charge >= 0.3 is 0 Å². The van der Waals surface area contributed by atoms with Gasteiger partial charge in [-0.3, -0.25) is 4.68 Å². The topological polar surface area (TPSA) is 77.1 Å². The van der Waals surface area contributed by atoms with E-state index in [4.69, 9.17) is 4.42 Å². The fourth-order valence-electron chi connectivity index (χ4n) is 2.02. The number of rotatable bonds is 5. The Kier molecular flexibility index (Phi) is 3.82. The molecule has 1 N–H and O–H groups in total. The molecule has 0 amide bonds. The number of nitrogens with zero attached hydrogens (tertiary/aromatic N) is 2. The number of furan rings is 1. The highest BCUT2D eigenvalue weighted by Crippen LogP contribution is 2.21. The maximum Gasteiger partial charge on any atom is 0.244 e. The van der Waals surface area contributed by atoms with Crippen molar-refractivity contribution in [2.45, 2.75) is 11.4 Å². The van der Waals surface area contributed by atoms with Gasteiger partial charge in [-0.05, 0) is 12.1 Å². The molecule has 0 aliphatic heterocycles. The molecule has 0 fully saturated rings. The smallest absolute Gasteiger partial charge is 0.244 e. The van der Waals surface area contributed by atoms with Crippen LogP contribution in [0.15, 0.2) is 64.2 Å².